The van der Waals surface area contributed by atoms with Crippen LogP contribution in [0.1, 0.15) is 22.6 Å². The summed E-state index contributed by atoms with van der Waals surface area (Å²) in [6.45, 7) is 14.5. The van der Waals surface area contributed by atoms with E-state index < -0.39 is 0 Å². The molecule has 24 heavy (non-hydrogen) atoms. The SMILES string of the molecule is [C-]#[N+]/C(C#N)=C1/c2nc(C#N)c(C#N)nc2-c2cccc([N+]#[C-])c21. The first-order valence-electron chi connectivity index (χ1n) is 6.45. The van der Waals surface area contributed by atoms with Crippen LogP contribution < -0.4 is 0 Å². The van der Waals surface area contributed by atoms with Gasteiger partial charge in [0.15, 0.2) is 17.1 Å². The molecule has 2 aromatic rings. The predicted octanol–water partition coefficient (Wildman–Crippen LogP) is 2.95. The number of hydrogen-bond acceptors (Lipinski definition) is 5. The van der Waals surface area contributed by atoms with Crippen LogP contribution in [0.5, 0.6) is 0 Å². The van der Waals surface area contributed by atoms with Gasteiger partial charge < -0.3 is 0 Å². The van der Waals surface area contributed by atoms with Gasteiger partial charge in [-0.15, -0.1) is 0 Å². The Kier molecular flexibility index (Phi) is 3.22. The molecular formula is C17H3N7. The molecule has 0 N–H and O–H groups in total. The first-order valence-corrected chi connectivity index (χ1v) is 6.45. The Morgan fingerprint density at radius 2 is 1.67 bits per heavy atom. The number of fused-ring (bicyclic) bond motifs is 3. The molecule has 1 aromatic carbocycles. The van der Waals surface area contributed by atoms with E-state index in [1.165, 1.54) is 0 Å². The van der Waals surface area contributed by atoms with Crippen molar-refractivity contribution in [3.05, 3.63) is 69.4 Å². The maximum absolute atomic E-state index is 9.26. The molecule has 0 bridgehead atoms. The summed E-state index contributed by atoms with van der Waals surface area (Å²) < 4.78 is 0. The third-order valence-corrected chi connectivity index (χ3v) is 3.47. The molecule has 1 heterocycles. The fraction of sp³-hybridized carbons (Fsp3) is 0. The van der Waals surface area contributed by atoms with Gasteiger partial charge in [0.25, 0.3) is 5.70 Å². The highest BCUT2D eigenvalue weighted by atomic mass is 14.9. The topological polar surface area (TPSA) is 106 Å². The second-order valence-electron chi connectivity index (χ2n) is 4.60. The second-order valence-corrected chi connectivity index (χ2v) is 4.60. The molecule has 0 unspecified atom stereocenters. The van der Waals surface area contributed by atoms with Crippen LogP contribution in [0.3, 0.4) is 0 Å². The Bertz CT molecular complexity index is 1140. The fourth-order valence-electron chi connectivity index (χ4n) is 2.53. The number of aromatic nitrogens is 2. The van der Waals surface area contributed by atoms with Gasteiger partial charge in [-0.1, -0.05) is 18.2 Å². The molecule has 7 heteroatoms. The minimum Gasteiger partial charge on any atom is -0.238 e. The summed E-state index contributed by atoms with van der Waals surface area (Å²) in [7, 11) is 0. The second kappa shape index (κ2) is 5.36. The van der Waals surface area contributed by atoms with Crippen molar-refractivity contribution in [3.8, 4) is 29.5 Å². The molecule has 1 aliphatic carbocycles. The molecule has 0 radical (unpaired) electrons. The van der Waals surface area contributed by atoms with Crippen molar-refractivity contribution in [1.82, 2.24) is 9.97 Å². The monoisotopic (exact) mass is 305 g/mol. The highest BCUT2D eigenvalue weighted by molar-refractivity contribution is 6.05. The molecule has 106 valence electrons. The lowest BCUT2D eigenvalue weighted by atomic mass is 10.0. The standard InChI is InChI=1S/C17H3N7/c1-21-10-5-3-4-9-14(10)15(13(8-20)22-2)17-16(9)23-11(6-18)12(7-19)24-17/h3-5H/b15-13+. The first kappa shape index (κ1) is 14.4. The highest BCUT2D eigenvalue weighted by Crippen LogP contribution is 2.48. The van der Waals surface area contributed by atoms with Crippen molar-refractivity contribution in [2.75, 3.05) is 0 Å². The van der Waals surface area contributed by atoms with Crippen molar-refractivity contribution >= 4 is 11.3 Å². The van der Waals surface area contributed by atoms with E-state index in [0.29, 0.717) is 11.1 Å². The third-order valence-electron chi connectivity index (χ3n) is 3.47. The summed E-state index contributed by atoms with van der Waals surface area (Å²) in [4.78, 5) is 14.9. The van der Waals surface area contributed by atoms with Crippen LogP contribution in [0.25, 0.3) is 26.5 Å². The van der Waals surface area contributed by atoms with Crippen molar-refractivity contribution < 1.29 is 0 Å². The quantitative estimate of drug-likeness (QED) is 0.469. The highest BCUT2D eigenvalue weighted by Gasteiger charge is 2.32. The summed E-state index contributed by atoms with van der Waals surface area (Å²) in [5, 5.41) is 27.5. The predicted molar refractivity (Wildman–Crippen MR) is 81.4 cm³/mol. The molecular weight excluding hydrogens is 302 g/mol. The Morgan fingerprint density at radius 1 is 1.00 bits per heavy atom. The van der Waals surface area contributed by atoms with E-state index in [1.807, 2.05) is 6.07 Å². The minimum atomic E-state index is -0.242. The van der Waals surface area contributed by atoms with Crippen LogP contribution in [-0.4, -0.2) is 9.97 Å². The number of allylic oxidation sites excluding steroid dienone is 1. The molecule has 1 aromatic heterocycles. The number of nitriles is 3. The summed E-state index contributed by atoms with van der Waals surface area (Å²) in [5.74, 6) is 0. The normalized spacial score (nSPS) is 12.5. The van der Waals surface area contributed by atoms with Gasteiger partial charge in [0.1, 0.15) is 12.1 Å². The lowest BCUT2D eigenvalue weighted by Crippen LogP contribution is -2.00. The summed E-state index contributed by atoms with van der Waals surface area (Å²) >= 11 is 0. The van der Waals surface area contributed by atoms with E-state index in [-0.39, 0.29) is 39.7 Å². The van der Waals surface area contributed by atoms with Gasteiger partial charge in [-0.25, -0.2) is 24.9 Å². The molecule has 0 amide bonds. The molecule has 0 atom stereocenters. The lowest BCUT2D eigenvalue weighted by molar-refractivity contribution is 1.12. The van der Waals surface area contributed by atoms with Crippen molar-refractivity contribution in [2.24, 2.45) is 0 Å². The summed E-state index contributed by atoms with van der Waals surface area (Å²) in [6, 6.07) is 10.3. The Morgan fingerprint density at radius 3 is 2.21 bits per heavy atom. The van der Waals surface area contributed by atoms with Crippen molar-refractivity contribution in [1.29, 1.82) is 15.8 Å². The van der Waals surface area contributed by atoms with Crippen LogP contribution in [-0.2, 0) is 0 Å². The fourth-order valence-corrected chi connectivity index (χ4v) is 2.53. The number of benzene rings is 1. The Balaban J connectivity index is 2.56. The maximum Gasteiger partial charge on any atom is 0.270 e. The number of nitrogens with zero attached hydrogens (tertiary/aromatic N) is 7. The van der Waals surface area contributed by atoms with E-state index >= 15 is 0 Å². The van der Waals surface area contributed by atoms with Gasteiger partial charge >= 0.3 is 0 Å². The molecule has 0 saturated heterocycles. The number of rotatable bonds is 0. The average molecular weight is 305 g/mol. The van der Waals surface area contributed by atoms with Crippen LogP contribution in [0.15, 0.2) is 23.9 Å². The van der Waals surface area contributed by atoms with E-state index in [0.717, 1.165) is 0 Å². The third kappa shape index (κ3) is 1.79. The smallest absolute Gasteiger partial charge is 0.238 e. The Hall–Kier alpha value is -4.51. The Labute approximate surface area is 136 Å². The van der Waals surface area contributed by atoms with E-state index in [1.54, 1.807) is 30.3 Å². The molecule has 1 aliphatic rings. The largest absolute Gasteiger partial charge is 0.270 e. The van der Waals surface area contributed by atoms with Gasteiger partial charge in [-0.3, -0.25) is 0 Å². The molecule has 0 saturated carbocycles. The molecule has 7 nitrogen and oxygen atoms in total. The van der Waals surface area contributed by atoms with Crippen LogP contribution in [0.4, 0.5) is 5.69 Å². The van der Waals surface area contributed by atoms with E-state index in [4.69, 9.17) is 23.7 Å². The maximum atomic E-state index is 9.26. The zero-order valence-corrected chi connectivity index (χ0v) is 11.9. The van der Waals surface area contributed by atoms with E-state index in [2.05, 4.69) is 19.7 Å². The van der Waals surface area contributed by atoms with Gasteiger partial charge in [0, 0.05) is 5.57 Å². The van der Waals surface area contributed by atoms with Gasteiger partial charge in [0.05, 0.1) is 30.6 Å². The molecule has 0 spiro atoms. The van der Waals surface area contributed by atoms with Gasteiger partial charge in [-0.2, -0.15) is 10.5 Å². The minimum absolute atomic E-state index is 0.141. The van der Waals surface area contributed by atoms with Crippen molar-refractivity contribution in [2.45, 2.75) is 0 Å². The van der Waals surface area contributed by atoms with E-state index in [9.17, 15) is 5.26 Å². The van der Waals surface area contributed by atoms with Crippen LogP contribution in [0.2, 0.25) is 0 Å². The van der Waals surface area contributed by atoms with Gasteiger partial charge in [0.2, 0.25) is 0 Å². The van der Waals surface area contributed by atoms with Crippen LogP contribution in [0, 0.1) is 47.1 Å². The van der Waals surface area contributed by atoms with Gasteiger partial charge in [-0.05, 0) is 11.1 Å². The van der Waals surface area contributed by atoms with Crippen molar-refractivity contribution in [3.63, 3.8) is 0 Å². The number of hydrogen-bond donors (Lipinski definition) is 0. The first-order chi connectivity index (χ1) is 11.7. The molecule has 0 aliphatic heterocycles. The summed E-state index contributed by atoms with van der Waals surface area (Å²) in [5.41, 5.74) is 1.21. The lowest BCUT2D eigenvalue weighted by Gasteiger charge is -2.04. The zero-order valence-electron chi connectivity index (χ0n) is 11.9. The molecule has 0 fully saturated rings. The zero-order chi connectivity index (χ0) is 17.3. The molecule has 3 rings (SSSR count). The van der Waals surface area contributed by atoms with Crippen LogP contribution >= 0.6 is 0 Å². The summed E-state index contributed by atoms with van der Waals surface area (Å²) in [6.07, 6.45) is 0. The average Bonchev–Trinajstić information content (AvgIpc) is 2.95.